The number of hydrogen-bond acceptors (Lipinski definition) is 7. The smallest absolute Gasteiger partial charge is 0.311 e. The number of aliphatic hydroxyl groups is 1. The Balaban J connectivity index is 1.53. The van der Waals surface area contributed by atoms with E-state index < -0.39 is 22.6 Å². The number of thioether (sulfide) groups is 1. The number of likely N-dealkylation sites (tertiary alicyclic amines) is 1. The molecule has 8 nitrogen and oxygen atoms in total. The molecular weight excluding hydrogens is 526 g/mol. The minimum Gasteiger partial charge on any atom is -0.465 e. The summed E-state index contributed by atoms with van der Waals surface area (Å²) in [6, 6.07) is 7.30. The fraction of sp³-hybridized carbons (Fsp3) is 0.581. The summed E-state index contributed by atoms with van der Waals surface area (Å²) in [7, 11) is 0. The largest absolute Gasteiger partial charge is 0.465 e. The van der Waals surface area contributed by atoms with Gasteiger partial charge in [0.05, 0.1) is 23.2 Å². The van der Waals surface area contributed by atoms with Gasteiger partial charge in [0.1, 0.15) is 6.04 Å². The number of ether oxygens (including phenoxy) is 1. The van der Waals surface area contributed by atoms with E-state index in [2.05, 4.69) is 30.9 Å². The van der Waals surface area contributed by atoms with E-state index in [0.29, 0.717) is 32.5 Å². The molecule has 2 saturated heterocycles. The monoisotopic (exact) mass is 567 g/mol. The van der Waals surface area contributed by atoms with Crippen LogP contribution in [0.25, 0.3) is 0 Å². The molecule has 4 heterocycles. The predicted octanol–water partition coefficient (Wildman–Crippen LogP) is 3.79. The van der Waals surface area contributed by atoms with Gasteiger partial charge in [-0.2, -0.15) is 0 Å². The summed E-state index contributed by atoms with van der Waals surface area (Å²) in [6.07, 6.45) is 12.0. The predicted molar refractivity (Wildman–Crippen MR) is 158 cm³/mol. The number of allylic oxidation sites excluding steroid dienone is 1. The Morgan fingerprint density at radius 3 is 2.55 bits per heavy atom. The van der Waals surface area contributed by atoms with Gasteiger partial charge in [0.25, 0.3) is 5.91 Å². The van der Waals surface area contributed by atoms with Gasteiger partial charge >= 0.3 is 5.97 Å². The topological polar surface area (TPSA) is 90.4 Å². The number of cyclic esters (lactones) is 1. The van der Waals surface area contributed by atoms with E-state index in [-0.39, 0.29) is 29.6 Å². The number of rotatable bonds is 8. The van der Waals surface area contributed by atoms with Crippen LogP contribution in [0.2, 0.25) is 0 Å². The van der Waals surface area contributed by atoms with Crippen molar-refractivity contribution in [1.82, 2.24) is 4.90 Å². The van der Waals surface area contributed by atoms with Gasteiger partial charge < -0.3 is 24.5 Å². The van der Waals surface area contributed by atoms with Crippen LogP contribution in [-0.2, 0) is 19.1 Å². The second kappa shape index (κ2) is 12.4. The third-order valence-corrected chi connectivity index (χ3v) is 10.4. The fourth-order valence-electron chi connectivity index (χ4n) is 6.71. The summed E-state index contributed by atoms with van der Waals surface area (Å²) in [5.41, 5.74) is 1.89. The molecule has 4 aliphatic rings. The van der Waals surface area contributed by atoms with Gasteiger partial charge in [-0.1, -0.05) is 24.3 Å². The van der Waals surface area contributed by atoms with Crippen molar-refractivity contribution in [1.29, 1.82) is 0 Å². The molecule has 0 saturated carbocycles. The van der Waals surface area contributed by atoms with E-state index in [9.17, 15) is 19.5 Å². The number of carbonyl (C=O) groups excluding carboxylic acids is 3. The third-order valence-electron chi connectivity index (χ3n) is 8.70. The zero-order chi connectivity index (χ0) is 28.3. The van der Waals surface area contributed by atoms with Crippen LogP contribution in [0.15, 0.2) is 48.6 Å². The number of carbonyl (C=O) groups is 3. The van der Waals surface area contributed by atoms with E-state index in [1.807, 2.05) is 36.4 Å². The third kappa shape index (κ3) is 5.07. The number of hydrogen-bond donors (Lipinski definition) is 1. The van der Waals surface area contributed by atoms with Crippen molar-refractivity contribution in [3.8, 4) is 0 Å². The highest BCUT2D eigenvalue weighted by Gasteiger charge is 2.70. The molecule has 1 spiro atoms. The second-order valence-electron chi connectivity index (χ2n) is 10.9. The lowest BCUT2D eigenvalue weighted by Crippen LogP contribution is -2.53. The Morgan fingerprint density at radius 2 is 1.82 bits per heavy atom. The first kappa shape index (κ1) is 28.7. The van der Waals surface area contributed by atoms with Crippen LogP contribution in [-0.4, -0.2) is 83.2 Å². The molecule has 1 aromatic carbocycles. The van der Waals surface area contributed by atoms with Gasteiger partial charge in [-0.15, -0.1) is 11.8 Å². The number of anilines is 2. The lowest BCUT2D eigenvalue weighted by Gasteiger charge is -2.35. The Hall–Kier alpha value is -2.78. The molecule has 5 atom stereocenters. The number of aliphatic hydroxyl groups excluding tert-OH is 1. The number of benzene rings is 1. The Bertz CT molecular complexity index is 1150. The fourth-order valence-corrected chi connectivity index (χ4v) is 8.72. The van der Waals surface area contributed by atoms with Crippen LogP contribution in [0.3, 0.4) is 0 Å². The Morgan fingerprint density at radius 1 is 1.05 bits per heavy atom. The summed E-state index contributed by atoms with van der Waals surface area (Å²) in [4.78, 5) is 47.8. The van der Waals surface area contributed by atoms with Crippen molar-refractivity contribution < 1.29 is 24.2 Å². The highest BCUT2D eigenvalue weighted by Crippen LogP contribution is 2.60. The number of nitrogens with zero attached hydrogens (tertiary/aromatic N) is 3. The quantitative estimate of drug-likeness (QED) is 0.290. The molecule has 1 aromatic rings. The van der Waals surface area contributed by atoms with E-state index in [4.69, 9.17) is 4.74 Å². The maximum absolute atomic E-state index is 14.5. The summed E-state index contributed by atoms with van der Waals surface area (Å²) in [6.45, 7) is 7.16. The lowest BCUT2D eigenvalue weighted by atomic mass is 9.78. The maximum Gasteiger partial charge on any atom is 0.311 e. The molecule has 0 aromatic heterocycles. The summed E-state index contributed by atoms with van der Waals surface area (Å²) >= 11 is 1.57. The van der Waals surface area contributed by atoms with Gasteiger partial charge in [-0.3, -0.25) is 14.4 Å². The number of esters is 1. The molecule has 2 amide bonds. The minimum absolute atomic E-state index is 0.0245. The average Bonchev–Trinajstić information content (AvgIpc) is 3.34. The highest BCUT2D eigenvalue weighted by molar-refractivity contribution is 8.02. The summed E-state index contributed by atoms with van der Waals surface area (Å²) in [5.74, 6) is -1.96. The molecule has 5 rings (SSSR count). The van der Waals surface area contributed by atoms with Crippen LogP contribution in [0.4, 0.5) is 11.4 Å². The SMILES string of the molecule is CCN(CC)c1ccc(N2CC=C[C@]34S[C@@H]5/C=C\CCCCOC(=O)[C@@H]5[C@H]3C(=O)N(CCCCO)C4C2=O)cc1. The zero-order valence-corrected chi connectivity index (χ0v) is 24.4. The molecule has 4 aliphatic heterocycles. The molecule has 216 valence electrons. The van der Waals surface area contributed by atoms with Gasteiger partial charge in [-0.05, 0) is 70.2 Å². The van der Waals surface area contributed by atoms with Crippen molar-refractivity contribution in [2.75, 3.05) is 49.2 Å². The summed E-state index contributed by atoms with van der Waals surface area (Å²) in [5, 5.41) is 9.18. The first-order valence-electron chi connectivity index (χ1n) is 14.7. The molecule has 2 fully saturated rings. The van der Waals surface area contributed by atoms with Crippen LogP contribution in [0.1, 0.15) is 46.0 Å². The average molecular weight is 568 g/mol. The Labute approximate surface area is 241 Å². The van der Waals surface area contributed by atoms with Gasteiger partial charge in [0, 0.05) is 49.4 Å². The Kier molecular flexibility index (Phi) is 8.90. The van der Waals surface area contributed by atoms with Gasteiger partial charge in [0.2, 0.25) is 5.91 Å². The van der Waals surface area contributed by atoms with E-state index >= 15 is 0 Å². The molecule has 0 radical (unpaired) electrons. The number of fused-ring (bicyclic) bond motifs is 2. The molecular formula is C31H41N3O5S. The molecule has 1 unspecified atom stereocenters. The normalized spacial score (nSPS) is 30.8. The maximum atomic E-state index is 14.5. The standard InChI is InChI=1S/C31H41N3O5S/c1-3-32(4-2)22-13-15-23(16-14-22)33-19-11-17-31-26(28(36)34(18-8-9-20-35)27(31)29(33)37)25-24(40-31)12-7-5-6-10-21-39-30(25)38/h7,11-17,24-27,35H,3-6,8-10,18-21H2,1-2H3/b12-7-/t24-,25+,26+,27?,31+/m1/s1. The minimum atomic E-state index is -0.865. The van der Waals surface area contributed by atoms with Crippen molar-refractivity contribution in [3.63, 3.8) is 0 Å². The second-order valence-corrected chi connectivity index (χ2v) is 12.4. The van der Waals surface area contributed by atoms with Crippen LogP contribution in [0, 0.1) is 11.8 Å². The zero-order valence-electron chi connectivity index (χ0n) is 23.5. The molecule has 9 heteroatoms. The molecule has 1 N–H and O–H groups in total. The van der Waals surface area contributed by atoms with Crippen LogP contribution in [0.5, 0.6) is 0 Å². The molecule has 40 heavy (non-hydrogen) atoms. The van der Waals surface area contributed by atoms with Crippen molar-refractivity contribution in [2.45, 2.75) is 62.0 Å². The van der Waals surface area contributed by atoms with Crippen LogP contribution < -0.4 is 9.80 Å². The van der Waals surface area contributed by atoms with Crippen LogP contribution >= 0.6 is 11.8 Å². The number of unbranched alkanes of at least 4 members (excludes halogenated alkanes) is 1. The summed E-state index contributed by atoms with van der Waals surface area (Å²) < 4.78 is 4.82. The first-order valence-corrected chi connectivity index (χ1v) is 15.6. The lowest BCUT2D eigenvalue weighted by molar-refractivity contribution is -0.153. The van der Waals surface area contributed by atoms with E-state index in [1.165, 1.54) is 0 Å². The molecule has 0 aliphatic carbocycles. The molecule has 0 bridgehead atoms. The highest BCUT2D eigenvalue weighted by atomic mass is 32.2. The van der Waals surface area contributed by atoms with Gasteiger partial charge in [0.15, 0.2) is 0 Å². The van der Waals surface area contributed by atoms with Crippen molar-refractivity contribution in [3.05, 3.63) is 48.6 Å². The van der Waals surface area contributed by atoms with Crippen molar-refractivity contribution >= 4 is 40.9 Å². The van der Waals surface area contributed by atoms with Crippen molar-refractivity contribution in [2.24, 2.45) is 11.8 Å². The van der Waals surface area contributed by atoms with E-state index in [0.717, 1.165) is 43.7 Å². The van der Waals surface area contributed by atoms with Gasteiger partial charge in [-0.25, -0.2) is 0 Å². The van der Waals surface area contributed by atoms with E-state index in [1.54, 1.807) is 21.6 Å². The first-order chi connectivity index (χ1) is 19.5. The number of amides is 2.